The van der Waals surface area contributed by atoms with Crippen molar-refractivity contribution in [2.75, 3.05) is 54.6 Å². The van der Waals surface area contributed by atoms with E-state index in [0.29, 0.717) is 26.2 Å². The molecule has 0 unspecified atom stereocenters. The first-order valence-corrected chi connectivity index (χ1v) is 11.6. The lowest BCUT2D eigenvalue weighted by atomic mass is 10.1. The van der Waals surface area contributed by atoms with Crippen molar-refractivity contribution in [3.63, 3.8) is 0 Å². The number of carbonyl (C=O) groups is 2. The highest BCUT2D eigenvalue weighted by molar-refractivity contribution is 5.77. The summed E-state index contributed by atoms with van der Waals surface area (Å²) in [4.78, 5) is 23.7. The summed E-state index contributed by atoms with van der Waals surface area (Å²) in [6.45, 7) is 7.61. The molecule has 0 bridgehead atoms. The summed E-state index contributed by atoms with van der Waals surface area (Å²) >= 11 is 0. The lowest BCUT2D eigenvalue weighted by Crippen LogP contribution is -2.49. The van der Waals surface area contributed by atoms with E-state index in [-0.39, 0.29) is 11.8 Å². The van der Waals surface area contributed by atoms with Crippen LogP contribution >= 0.6 is 0 Å². The Balaban J connectivity index is 3.89. The van der Waals surface area contributed by atoms with Crippen molar-refractivity contribution in [1.29, 1.82) is 0 Å². The zero-order valence-electron chi connectivity index (χ0n) is 20.5. The summed E-state index contributed by atoms with van der Waals surface area (Å²) in [6.07, 6.45) is 15.5. The molecule has 0 spiro atoms. The van der Waals surface area contributed by atoms with Gasteiger partial charge in [-0.1, -0.05) is 38.2 Å². The zero-order chi connectivity index (χ0) is 22.9. The maximum Gasteiger partial charge on any atom is 0.228 e. The van der Waals surface area contributed by atoms with Crippen LogP contribution in [0.5, 0.6) is 0 Å². The van der Waals surface area contributed by atoms with Crippen molar-refractivity contribution >= 4 is 11.8 Å². The number of quaternary nitrogens is 2. The number of nitrogens with zero attached hydrogens (tertiary/aromatic N) is 2. The molecule has 30 heavy (non-hydrogen) atoms. The molecule has 0 aliphatic carbocycles. The Kier molecular flexibility index (Phi) is 15.2. The van der Waals surface area contributed by atoms with Crippen molar-refractivity contribution < 1.29 is 18.6 Å². The number of rotatable bonds is 17. The summed E-state index contributed by atoms with van der Waals surface area (Å²) in [5, 5.41) is 6.07. The standard InChI is InChI=1S/C24H46N4O2/c1-7-9-13-17-23(29)25-21-27(3,4)19-15-11-12-16-20-28(5,6)22-26-24(30)18-14-10-8-2/h9-10,13-14H,7-8,11-12,15-22H2,1-6H3/p+2/b13-9-,14-10-. The number of hydrogen-bond donors (Lipinski definition) is 2. The minimum atomic E-state index is 0.0966. The summed E-state index contributed by atoms with van der Waals surface area (Å²) in [5.74, 6) is 0.193. The molecular formula is C24H48N4O2+2. The largest absolute Gasteiger partial charge is 0.311 e. The van der Waals surface area contributed by atoms with Gasteiger partial charge >= 0.3 is 0 Å². The van der Waals surface area contributed by atoms with Gasteiger partial charge in [0.05, 0.1) is 41.3 Å². The van der Waals surface area contributed by atoms with Crippen molar-refractivity contribution in [2.24, 2.45) is 0 Å². The van der Waals surface area contributed by atoms with Crippen LogP contribution in [0.15, 0.2) is 24.3 Å². The van der Waals surface area contributed by atoms with E-state index in [2.05, 4.69) is 52.7 Å². The van der Waals surface area contributed by atoms with Crippen LogP contribution < -0.4 is 10.6 Å². The molecule has 0 saturated carbocycles. The van der Waals surface area contributed by atoms with E-state index in [1.54, 1.807) is 0 Å². The molecule has 174 valence electrons. The lowest BCUT2D eigenvalue weighted by Gasteiger charge is -2.30. The topological polar surface area (TPSA) is 58.2 Å². The molecule has 0 fully saturated rings. The first-order valence-electron chi connectivity index (χ1n) is 11.6. The van der Waals surface area contributed by atoms with Crippen molar-refractivity contribution in [1.82, 2.24) is 10.6 Å². The molecule has 2 N–H and O–H groups in total. The van der Waals surface area contributed by atoms with Crippen LogP contribution in [0.2, 0.25) is 0 Å². The third-order valence-electron chi connectivity index (χ3n) is 5.10. The van der Waals surface area contributed by atoms with E-state index in [0.717, 1.165) is 47.7 Å². The molecule has 0 radical (unpaired) electrons. The Labute approximate surface area is 185 Å². The Morgan fingerprint density at radius 1 is 0.633 bits per heavy atom. The number of hydrogen-bond acceptors (Lipinski definition) is 2. The smallest absolute Gasteiger partial charge is 0.228 e. The fourth-order valence-corrected chi connectivity index (χ4v) is 3.05. The number of nitrogens with one attached hydrogen (secondary N) is 2. The van der Waals surface area contributed by atoms with Gasteiger partial charge in [-0.25, -0.2) is 0 Å². The van der Waals surface area contributed by atoms with Gasteiger partial charge in [0, 0.05) is 12.8 Å². The molecule has 0 heterocycles. The van der Waals surface area contributed by atoms with Gasteiger partial charge in [-0.15, -0.1) is 0 Å². The number of unbranched alkanes of at least 4 members (excludes halogenated alkanes) is 3. The zero-order valence-corrected chi connectivity index (χ0v) is 20.5. The maximum absolute atomic E-state index is 11.8. The highest BCUT2D eigenvalue weighted by Crippen LogP contribution is 2.07. The van der Waals surface area contributed by atoms with Gasteiger partial charge in [-0.05, 0) is 38.5 Å². The fourth-order valence-electron chi connectivity index (χ4n) is 3.05. The van der Waals surface area contributed by atoms with Crippen molar-refractivity contribution in [3.8, 4) is 0 Å². The molecule has 0 aromatic carbocycles. The van der Waals surface area contributed by atoms with Crippen LogP contribution in [-0.4, -0.2) is 75.4 Å². The van der Waals surface area contributed by atoms with Gasteiger partial charge in [-0.3, -0.25) is 9.59 Å². The molecule has 6 heteroatoms. The predicted molar refractivity (Wildman–Crippen MR) is 127 cm³/mol. The summed E-state index contributed by atoms with van der Waals surface area (Å²) in [6, 6.07) is 0. The van der Waals surface area contributed by atoms with E-state index in [9.17, 15) is 9.59 Å². The van der Waals surface area contributed by atoms with Crippen molar-refractivity contribution in [3.05, 3.63) is 24.3 Å². The molecule has 0 rings (SSSR count). The quantitative estimate of drug-likeness (QED) is 0.162. The normalized spacial score (nSPS) is 12.6. The molecule has 6 nitrogen and oxygen atoms in total. The number of amides is 2. The molecule has 0 saturated heterocycles. The summed E-state index contributed by atoms with van der Waals surface area (Å²) in [7, 11) is 8.67. The van der Waals surface area contributed by atoms with Gasteiger partial charge in [-0.2, -0.15) is 0 Å². The average molecular weight is 425 g/mol. The first kappa shape index (κ1) is 28.3. The van der Waals surface area contributed by atoms with E-state index in [1.807, 2.05) is 24.3 Å². The number of carbonyl (C=O) groups excluding carboxylic acids is 2. The number of allylic oxidation sites excluding steroid dienone is 2. The Hall–Kier alpha value is -1.66. The Morgan fingerprint density at radius 2 is 1.00 bits per heavy atom. The molecule has 0 aromatic rings. The molecule has 0 atom stereocenters. The van der Waals surface area contributed by atoms with Gasteiger partial charge in [0.15, 0.2) is 13.3 Å². The third-order valence-corrected chi connectivity index (χ3v) is 5.10. The van der Waals surface area contributed by atoms with Gasteiger partial charge < -0.3 is 19.6 Å². The fraction of sp³-hybridized carbons (Fsp3) is 0.750. The summed E-state index contributed by atoms with van der Waals surface area (Å²) < 4.78 is 1.62. The van der Waals surface area contributed by atoms with Gasteiger partial charge in [0.1, 0.15) is 0 Å². The van der Waals surface area contributed by atoms with Gasteiger partial charge in [0.2, 0.25) is 11.8 Å². The Morgan fingerprint density at radius 3 is 1.33 bits per heavy atom. The maximum atomic E-state index is 11.8. The van der Waals surface area contributed by atoms with Crippen LogP contribution in [0.1, 0.15) is 65.2 Å². The molecule has 0 aliphatic heterocycles. The predicted octanol–water partition coefficient (Wildman–Crippen LogP) is 3.56. The highest BCUT2D eigenvalue weighted by atomic mass is 16.2. The molecule has 0 aromatic heterocycles. The molecule has 0 aliphatic rings. The second kappa shape index (κ2) is 16.1. The lowest BCUT2D eigenvalue weighted by molar-refractivity contribution is -0.893. The first-order chi connectivity index (χ1) is 14.1. The highest BCUT2D eigenvalue weighted by Gasteiger charge is 2.17. The van der Waals surface area contributed by atoms with E-state index in [4.69, 9.17) is 0 Å². The van der Waals surface area contributed by atoms with Crippen LogP contribution in [-0.2, 0) is 9.59 Å². The van der Waals surface area contributed by atoms with E-state index < -0.39 is 0 Å². The van der Waals surface area contributed by atoms with Gasteiger partial charge in [0.25, 0.3) is 0 Å². The van der Waals surface area contributed by atoms with E-state index in [1.165, 1.54) is 12.8 Å². The van der Waals surface area contributed by atoms with Crippen LogP contribution in [0.3, 0.4) is 0 Å². The van der Waals surface area contributed by atoms with E-state index >= 15 is 0 Å². The Bertz CT molecular complexity index is 491. The van der Waals surface area contributed by atoms with Crippen LogP contribution in [0.25, 0.3) is 0 Å². The minimum Gasteiger partial charge on any atom is -0.311 e. The average Bonchev–Trinajstić information content (AvgIpc) is 2.68. The molecular weight excluding hydrogens is 376 g/mol. The SMILES string of the molecule is CC/C=C\CC(=O)NC[N+](C)(C)CCCCCC[N+](C)(C)CNC(=O)C/C=C\CC. The molecule has 2 amide bonds. The van der Waals surface area contributed by atoms with Crippen LogP contribution in [0, 0.1) is 0 Å². The third kappa shape index (κ3) is 17.2. The monoisotopic (exact) mass is 424 g/mol. The van der Waals surface area contributed by atoms with Crippen LogP contribution in [0.4, 0.5) is 0 Å². The van der Waals surface area contributed by atoms with Crippen molar-refractivity contribution in [2.45, 2.75) is 65.2 Å². The minimum absolute atomic E-state index is 0.0966. The second-order valence-electron chi connectivity index (χ2n) is 9.42. The second-order valence-corrected chi connectivity index (χ2v) is 9.42. The summed E-state index contributed by atoms with van der Waals surface area (Å²) in [5.41, 5.74) is 0.